The highest BCUT2D eigenvalue weighted by Gasteiger charge is 2.27. The first-order valence-electron chi connectivity index (χ1n) is 10.7. The van der Waals surface area contributed by atoms with E-state index in [0.717, 1.165) is 42.7 Å². The van der Waals surface area contributed by atoms with Crippen LogP contribution in [0.5, 0.6) is 0 Å². The van der Waals surface area contributed by atoms with E-state index in [0.29, 0.717) is 10.5 Å². The fourth-order valence-corrected chi connectivity index (χ4v) is 5.61. The van der Waals surface area contributed by atoms with Crippen molar-refractivity contribution in [1.29, 1.82) is 0 Å². The summed E-state index contributed by atoms with van der Waals surface area (Å²) in [5.74, 6) is -0.378. The number of piperidine rings is 1. The molecule has 1 aromatic carbocycles. The van der Waals surface area contributed by atoms with Crippen molar-refractivity contribution in [2.75, 3.05) is 30.8 Å². The molecule has 3 aromatic rings. The molecule has 170 valence electrons. The van der Waals surface area contributed by atoms with E-state index < -0.39 is 9.84 Å². The van der Waals surface area contributed by atoms with Crippen molar-refractivity contribution in [1.82, 2.24) is 14.9 Å². The number of benzene rings is 1. The van der Waals surface area contributed by atoms with E-state index in [1.165, 1.54) is 0 Å². The Morgan fingerprint density at radius 3 is 2.69 bits per heavy atom. The maximum Gasteiger partial charge on any atom is 0.223 e. The molecule has 9 heteroatoms. The van der Waals surface area contributed by atoms with Gasteiger partial charge < -0.3 is 14.8 Å². The summed E-state index contributed by atoms with van der Waals surface area (Å²) < 4.78 is 25.5. The van der Waals surface area contributed by atoms with Crippen molar-refractivity contribution in [3.63, 3.8) is 0 Å². The van der Waals surface area contributed by atoms with Gasteiger partial charge in [0.1, 0.15) is 5.03 Å². The summed E-state index contributed by atoms with van der Waals surface area (Å²) in [6.07, 6.45) is 3.46. The minimum Gasteiger partial charge on any atom is -0.371 e. The van der Waals surface area contributed by atoms with Crippen molar-refractivity contribution >= 4 is 43.9 Å². The topological polar surface area (TPSA) is 86.4 Å². The molecule has 0 radical (unpaired) electrons. The van der Waals surface area contributed by atoms with Gasteiger partial charge in [-0.15, -0.1) is 0 Å². The zero-order valence-corrected chi connectivity index (χ0v) is 19.8. The number of hydrogen-bond acceptors (Lipinski definition) is 5. The highest BCUT2D eigenvalue weighted by Crippen LogP contribution is 2.25. The SMILES string of the molecule is Cc1cc(N2CCC(N(C)C(=O)CCS(=O)(=O)c3cc4cc(Cl)ccc4[nH]3)CC2)ccn1. The molecular formula is C23H27ClN4O3S. The Morgan fingerprint density at radius 1 is 1.22 bits per heavy atom. The third kappa shape index (κ3) is 4.91. The molecular weight excluding hydrogens is 448 g/mol. The molecule has 0 spiro atoms. The number of aromatic nitrogens is 2. The van der Waals surface area contributed by atoms with Gasteiger partial charge in [-0.05, 0) is 56.2 Å². The number of H-pyrrole nitrogens is 1. The predicted molar refractivity (Wildman–Crippen MR) is 127 cm³/mol. The van der Waals surface area contributed by atoms with Gasteiger partial charge in [0, 0.05) is 66.1 Å². The van der Waals surface area contributed by atoms with E-state index in [1.54, 1.807) is 36.2 Å². The van der Waals surface area contributed by atoms with Crippen LogP contribution in [-0.4, -0.2) is 61.1 Å². The summed E-state index contributed by atoms with van der Waals surface area (Å²) in [7, 11) is -1.83. The van der Waals surface area contributed by atoms with Crippen molar-refractivity contribution in [3.8, 4) is 0 Å². The highest BCUT2D eigenvalue weighted by atomic mass is 35.5. The molecule has 7 nitrogen and oxygen atoms in total. The van der Waals surface area contributed by atoms with Crippen molar-refractivity contribution in [2.45, 2.75) is 37.3 Å². The number of carbonyl (C=O) groups excluding carboxylic acids is 1. The van der Waals surface area contributed by atoms with E-state index in [1.807, 2.05) is 19.2 Å². The van der Waals surface area contributed by atoms with E-state index in [9.17, 15) is 13.2 Å². The molecule has 0 saturated carbocycles. The van der Waals surface area contributed by atoms with Crippen LogP contribution in [0.15, 0.2) is 47.6 Å². The highest BCUT2D eigenvalue weighted by molar-refractivity contribution is 7.91. The van der Waals surface area contributed by atoms with Gasteiger partial charge in [-0.2, -0.15) is 0 Å². The zero-order chi connectivity index (χ0) is 22.9. The largest absolute Gasteiger partial charge is 0.371 e. The number of hydrogen-bond donors (Lipinski definition) is 1. The molecule has 4 rings (SSSR count). The summed E-state index contributed by atoms with van der Waals surface area (Å²) in [5.41, 5.74) is 2.83. The van der Waals surface area contributed by atoms with Gasteiger partial charge in [-0.25, -0.2) is 8.42 Å². The monoisotopic (exact) mass is 474 g/mol. The normalized spacial score (nSPS) is 15.3. The number of amides is 1. The molecule has 1 fully saturated rings. The van der Waals surface area contributed by atoms with Crippen LogP contribution in [0.2, 0.25) is 5.02 Å². The zero-order valence-electron chi connectivity index (χ0n) is 18.2. The van der Waals surface area contributed by atoms with Crippen LogP contribution >= 0.6 is 11.6 Å². The van der Waals surface area contributed by atoms with Crippen LogP contribution in [0.4, 0.5) is 5.69 Å². The second-order valence-electron chi connectivity index (χ2n) is 8.31. The fourth-order valence-electron chi connectivity index (χ4n) is 4.19. The van der Waals surface area contributed by atoms with Crippen LogP contribution < -0.4 is 4.90 Å². The Kier molecular flexibility index (Phi) is 6.44. The molecule has 1 amide bonds. The van der Waals surface area contributed by atoms with Gasteiger partial charge in [-0.1, -0.05) is 11.6 Å². The summed E-state index contributed by atoms with van der Waals surface area (Å²) >= 11 is 5.98. The summed E-state index contributed by atoms with van der Waals surface area (Å²) in [4.78, 5) is 23.9. The number of carbonyl (C=O) groups is 1. The number of pyridine rings is 1. The smallest absolute Gasteiger partial charge is 0.223 e. The Balaban J connectivity index is 1.33. The number of fused-ring (bicyclic) bond motifs is 1. The standard InChI is InChI=1S/C23H27ClN4O3S/c1-16-13-20(5-9-25-16)28-10-6-19(7-11-28)27(2)23(29)8-12-32(30,31)22-15-17-14-18(24)3-4-21(17)26-22/h3-5,9,13-15,19,26H,6-8,10-12H2,1-2H3. The average molecular weight is 475 g/mol. The average Bonchev–Trinajstić information content (AvgIpc) is 3.21. The third-order valence-corrected chi connectivity index (χ3v) is 8.00. The van der Waals surface area contributed by atoms with Crippen molar-refractivity contribution in [2.24, 2.45) is 0 Å². The Hall–Kier alpha value is -2.58. The van der Waals surface area contributed by atoms with Crippen LogP contribution in [0.25, 0.3) is 10.9 Å². The van der Waals surface area contributed by atoms with Gasteiger partial charge in [0.15, 0.2) is 9.84 Å². The first-order valence-corrected chi connectivity index (χ1v) is 12.7. The number of aromatic amines is 1. The van der Waals surface area contributed by atoms with Crippen molar-refractivity contribution < 1.29 is 13.2 Å². The Morgan fingerprint density at radius 2 is 1.97 bits per heavy atom. The molecule has 0 bridgehead atoms. The van der Waals surface area contributed by atoms with Crippen molar-refractivity contribution in [3.05, 3.63) is 53.3 Å². The molecule has 1 aliphatic rings. The number of nitrogens with zero attached hydrogens (tertiary/aromatic N) is 3. The number of halogens is 1. The Bertz CT molecular complexity index is 1230. The number of anilines is 1. The van der Waals surface area contributed by atoms with E-state index in [4.69, 9.17) is 11.6 Å². The van der Waals surface area contributed by atoms with Gasteiger partial charge in [0.2, 0.25) is 5.91 Å². The number of rotatable bonds is 6. The number of nitrogens with one attached hydrogen (secondary N) is 1. The number of aryl methyl sites for hydroxylation is 1. The minimum absolute atomic E-state index is 0.0429. The van der Waals surface area contributed by atoms with Crippen LogP contribution in [0, 0.1) is 6.92 Å². The molecule has 1 saturated heterocycles. The van der Waals surface area contributed by atoms with Gasteiger partial charge in [-0.3, -0.25) is 9.78 Å². The van der Waals surface area contributed by atoms with E-state index in [2.05, 4.69) is 20.9 Å². The van der Waals surface area contributed by atoms with E-state index >= 15 is 0 Å². The maximum atomic E-state index is 12.8. The summed E-state index contributed by atoms with van der Waals surface area (Å²) in [5, 5.41) is 1.39. The minimum atomic E-state index is -3.60. The quantitative estimate of drug-likeness (QED) is 0.587. The third-order valence-electron chi connectivity index (χ3n) is 6.13. The van der Waals surface area contributed by atoms with Crippen LogP contribution in [0.3, 0.4) is 0 Å². The first kappa shape index (κ1) is 22.6. The molecule has 1 aliphatic heterocycles. The second kappa shape index (κ2) is 9.11. The summed E-state index contributed by atoms with van der Waals surface area (Å²) in [6, 6.07) is 10.9. The number of sulfone groups is 1. The van der Waals surface area contributed by atoms with Gasteiger partial charge >= 0.3 is 0 Å². The van der Waals surface area contributed by atoms with E-state index in [-0.39, 0.29) is 29.1 Å². The molecule has 1 N–H and O–H groups in total. The maximum absolute atomic E-state index is 12.8. The lowest BCUT2D eigenvalue weighted by Gasteiger charge is -2.38. The molecule has 32 heavy (non-hydrogen) atoms. The van der Waals surface area contributed by atoms with Crippen LogP contribution in [-0.2, 0) is 14.6 Å². The lowest BCUT2D eigenvalue weighted by molar-refractivity contribution is -0.131. The summed E-state index contributed by atoms with van der Waals surface area (Å²) in [6.45, 7) is 3.67. The fraction of sp³-hybridized carbons (Fsp3) is 0.391. The van der Waals surface area contributed by atoms with Gasteiger partial charge in [0.05, 0.1) is 5.75 Å². The lowest BCUT2D eigenvalue weighted by Crippen LogP contribution is -2.46. The lowest BCUT2D eigenvalue weighted by atomic mass is 10.0. The van der Waals surface area contributed by atoms with Gasteiger partial charge in [0.25, 0.3) is 0 Å². The molecule has 0 aliphatic carbocycles. The second-order valence-corrected chi connectivity index (χ2v) is 10.8. The Labute approximate surface area is 193 Å². The predicted octanol–water partition coefficient (Wildman–Crippen LogP) is 3.82. The molecule has 3 heterocycles. The first-order chi connectivity index (χ1) is 15.2. The molecule has 0 unspecified atom stereocenters. The molecule has 2 aromatic heterocycles. The molecule has 0 atom stereocenters. The van der Waals surface area contributed by atoms with Crippen LogP contribution in [0.1, 0.15) is 25.0 Å².